The van der Waals surface area contributed by atoms with Gasteiger partial charge in [0.1, 0.15) is 5.76 Å². The van der Waals surface area contributed by atoms with Crippen LogP contribution in [0.4, 0.5) is 5.82 Å². The lowest BCUT2D eigenvalue weighted by Crippen LogP contribution is -2.29. The number of rotatable bonds is 6. The summed E-state index contributed by atoms with van der Waals surface area (Å²) in [6.07, 6.45) is 3.37. The summed E-state index contributed by atoms with van der Waals surface area (Å²) in [5.74, 6) is 0.575. The maximum atomic E-state index is 12.8. The fraction of sp³-hybridized carbons (Fsp3) is 0.333. The standard InChI is InChI=1S/C21H23N5O3/c1-14-13-17(25-29-14)23-20(27)18-16-9-5-6-12-26(16)19(24-18)21(28)22-11-10-15-7-3-2-4-8-15/h2-4,7-8,13H,5-6,9-12H2,1H3,(H,22,28)(H,23,25,27). The fourth-order valence-corrected chi connectivity index (χ4v) is 3.54. The summed E-state index contributed by atoms with van der Waals surface area (Å²) in [7, 11) is 0. The van der Waals surface area contributed by atoms with Crippen LogP contribution in [0.5, 0.6) is 0 Å². The number of aromatic nitrogens is 3. The Morgan fingerprint density at radius 1 is 1.17 bits per heavy atom. The predicted octanol–water partition coefficient (Wildman–Crippen LogP) is 2.74. The molecule has 0 unspecified atom stereocenters. The number of fused-ring (bicyclic) bond motifs is 1. The topological polar surface area (TPSA) is 102 Å². The first-order chi connectivity index (χ1) is 14.1. The number of benzene rings is 1. The first kappa shape index (κ1) is 18.9. The van der Waals surface area contributed by atoms with Crippen molar-refractivity contribution in [2.45, 2.75) is 39.2 Å². The predicted molar refractivity (Wildman–Crippen MR) is 107 cm³/mol. The molecule has 29 heavy (non-hydrogen) atoms. The van der Waals surface area contributed by atoms with Gasteiger partial charge in [0, 0.05) is 19.2 Å². The minimum atomic E-state index is -0.382. The number of hydrogen-bond donors (Lipinski definition) is 2. The van der Waals surface area contributed by atoms with Gasteiger partial charge < -0.3 is 19.7 Å². The molecule has 3 aromatic rings. The fourth-order valence-electron chi connectivity index (χ4n) is 3.54. The molecule has 1 aromatic carbocycles. The molecule has 0 saturated heterocycles. The smallest absolute Gasteiger partial charge is 0.287 e. The first-order valence-corrected chi connectivity index (χ1v) is 9.78. The van der Waals surface area contributed by atoms with Crippen molar-refractivity contribution in [3.05, 3.63) is 64.9 Å². The number of imidazole rings is 1. The molecule has 2 aromatic heterocycles. The van der Waals surface area contributed by atoms with Gasteiger partial charge in [0.2, 0.25) is 0 Å². The van der Waals surface area contributed by atoms with Gasteiger partial charge in [0.15, 0.2) is 17.3 Å². The molecule has 0 spiro atoms. The highest BCUT2D eigenvalue weighted by atomic mass is 16.5. The molecule has 1 aliphatic rings. The molecule has 0 fully saturated rings. The minimum absolute atomic E-state index is 0.264. The highest BCUT2D eigenvalue weighted by Gasteiger charge is 2.27. The second kappa shape index (κ2) is 8.30. The van der Waals surface area contributed by atoms with E-state index in [-0.39, 0.29) is 23.3 Å². The molecule has 0 saturated carbocycles. The third-order valence-corrected chi connectivity index (χ3v) is 4.95. The zero-order chi connectivity index (χ0) is 20.2. The first-order valence-electron chi connectivity index (χ1n) is 9.78. The Balaban J connectivity index is 1.49. The SMILES string of the molecule is Cc1cc(NC(=O)c2nc(C(=O)NCCc3ccccc3)n3c2CCCC3)no1. The Labute approximate surface area is 168 Å². The number of aryl methyl sites for hydroxylation is 1. The van der Waals surface area contributed by atoms with Gasteiger partial charge in [-0.05, 0) is 38.2 Å². The summed E-state index contributed by atoms with van der Waals surface area (Å²) in [5, 5.41) is 9.40. The molecule has 0 aliphatic carbocycles. The van der Waals surface area contributed by atoms with Gasteiger partial charge >= 0.3 is 0 Å². The van der Waals surface area contributed by atoms with E-state index in [4.69, 9.17) is 4.52 Å². The molecule has 0 radical (unpaired) electrons. The largest absolute Gasteiger partial charge is 0.360 e. The Morgan fingerprint density at radius 3 is 2.76 bits per heavy atom. The molecule has 150 valence electrons. The van der Waals surface area contributed by atoms with E-state index in [0.29, 0.717) is 31.1 Å². The minimum Gasteiger partial charge on any atom is -0.360 e. The van der Waals surface area contributed by atoms with Crippen LogP contribution in [0.15, 0.2) is 40.9 Å². The average molecular weight is 393 g/mol. The van der Waals surface area contributed by atoms with Crippen molar-refractivity contribution < 1.29 is 14.1 Å². The number of nitrogens with zero attached hydrogens (tertiary/aromatic N) is 3. The van der Waals surface area contributed by atoms with Crippen LogP contribution in [0.25, 0.3) is 0 Å². The zero-order valence-corrected chi connectivity index (χ0v) is 16.3. The monoisotopic (exact) mass is 393 g/mol. The van der Waals surface area contributed by atoms with Gasteiger partial charge in [-0.2, -0.15) is 0 Å². The molecule has 1 aliphatic heterocycles. The van der Waals surface area contributed by atoms with Crippen LogP contribution in [0.2, 0.25) is 0 Å². The van der Waals surface area contributed by atoms with Crippen molar-refractivity contribution in [1.29, 1.82) is 0 Å². The summed E-state index contributed by atoms with van der Waals surface area (Å²) < 4.78 is 6.85. The van der Waals surface area contributed by atoms with E-state index in [1.165, 1.54) is 0 Å². The Morgan fingerprint density at radius 2 is 2.00 bits per heavy atom. The van der Waals surface area contributed by atoms with Gasteiger partial charge in [0.05, 0.1) is 5.69 Å². The van der Waals surface area contributed by atoms with Crippen LogP contribution in [0, 0.1) is 6.92 Å². The van der Waals surface area contributed by atoms with Crippen molar-refractivity contribution in [3.8, 4) is 0 Å². The second-order valence-electron chi connectivity index (χ2n) is 7.11. The molecule has 2 amide bonds. The van der Waals surface area contributed by atoms with Gasteiger partial charge in [-0.25, -0.2) is 4.98 Å². The van der Waals surface area contributed by atoms with Crippen LogP contribution < -0.4 is 10.6 Å². The molecule has 8 nitrogen and oxygen atoms in total. The van der Waals surface area contributed by atoms with Crippen molar-refractivity contribution in [1.82, 2.24) is 20.0 Å². The Kier molecular flexibility index (Phi) is 5.41. The van der Waals surface area contributed by atoms with Crippen molar-refractivity contribution >= 4 is 17.6 Å². The van der Waals surface area contributed by atoms with E-state index in [1.54, 1.807) is 13.0 Å². The maximum absolute atomic E-state index is 12.8. The van der Waals surface area contributed by atoms with Crippen LogP contribution in [-0.2, 0) is 19.4 Å². The van der Waals surface area contributed by atoms with Gasteiger partial charge in [0.25, 0.3) is 11.8 Å². The number of carbonyl (C=O) groups is 2. The molecule has 4 rings (SSSR count). The molecule has 3 heterocycles. The Bertz CT molecular complexity index is 1020. The number of amides is 2. The van der Waals surface area contributed by atoms with Crippen molar-refractivity contribution in [2.24, 2.45) is 0 Å². The molecule has 0 atom stereocenters. The van der Waals surface area contributed by atoms with Crippen molar-refractivity contribution in [3.63, 3.8) is 0 Å². The Hall–Kier alpha value is -3.42. The van der Waals surface area contributed by atoms with E-state index >= 15 is 0 Å². The lowest BCUT2D eigenvalue weighted by molar-refractivity contribution is 0.0938. The zero-order valence-electron chi connectivity index (χ0n) is 16.3. The van der Waals surface area contributed by atoms with Crippen molar-refractivity contribution in [2.75, 3.05) is 11.9 Å². The number of carbonyl (C=O) groups excluding carboxylic acids is 2. The van der Waals surface area contributed by atoms with Gasteiger partial charge in [-0.1, -0.05) is 35.5 Å². The summed E-state index contributed by atoms with van der Waals surface area (Å²) in [6, 6.07) is 11.6. The molecule has 0 bridgehead atoms. The summed E-state index contributed by atoms with van der Waals surface area (Å²) in [4.78, 5) is 29.9. The molecular weight excluding hydrogens is 370 g/mol. The summed E-state index contributed by atoms with van der Waals surface area (Å²) in [6.45, 7) is 2.93. The second-order valence-corrected chi connectivity index (χ2v) is 7.11. The van der Waals surface area contributed by atoms with Gasteiger partial charge in [-0.15, -0.1) is 0 Å². The number of nitrogens with one attached hydrogen (secondary N) is 2. The summed E-state index contributed by atoms with van der Waals surface area (Å²) >= 11 is 0. The molecule has 8 heteroatoms. The van der Waals surface area contributed by atoms with Crippen LogP contribution >= 0.6 is 0 Å². The number of anilines is 1. The normalized spacial score (nSPS) is 13.0. The quantitative estimate of drug-likeness (QED) is 0.670. The third kappa shape index (κ3) is 4.21. The van der Waals surface area contributed by atoms with E-state index in [1.807, 2.05) is 34.9 Å². The van der Waals surface area contributed by atoms with E-state index in [9.17, 15) is 9.59 Å². The highest BCUT2D eigenvalue weighted by Crippen LogP contribution is 2.22. The highest BCUT2D eigenvalue weighted by molar-refractivity contribution is 6.04. The van der Waals surface area contributed by atoms with Crippen LogP contribution in [0.3, 0.4) is 0 Å². The van der Waals surface area contributed by atoms with Gasteiger partial charge in [-0.3, -0.25) is 9.59 Å². The van der Waals surface area contributed by atoms with Crippen LogP contribution in [-0.4, -0.2) is 33.1 Å². The van der Waals surface area contributed by atoms with Crippen LogP contribution in [0.1, 0.15) is 51.0 Å². The number of hydrogen-bond acceptors (Lipinski definition) is 5. The summed E-state index contributed by atoms with van der Waals surface area (Å²) in [5.41, 5.74) is 2.22. The average Bonchev–Trinajstić information content (AvgIpc) is 3.32. The maximum Gasteiger partial charge on any atom is 0.287 e. The molecule has 2 N–H and O–H groups in total. The van der Waals surface area contributed by atoms with E-state index in [0.717, 1.165) is 30.5 Å². The van der Waals surface area contributed by atoms with E-state index < -0.39 is 0 Å². The lowest BCUT2D eigenvalue weighted by atomic mass is 10.1. The molecular formula is C21H23N5O3. The third-order valence-electron chi connectivity index (χ3n) is 4.95. The lowest BCUT2D eigenvalue weighted by Gasteiger charge is -2.17. The van der Waals surface area contributed by atoms with E-state index in [2.05, 4.69) is 20.8 Å².